The van der Waals surface area contributed by atoms with Gasteiger partial charge in [0.2, 0.25) is 0 Å². The van der Waals surface area contributed by atoms with E-state index >= 15 is 0 Å². The van der Waals surface area contributed by atoms with Crippen molar-refractivity contribution >= 4 is 5.97 Å². The molecule has 0 amide bonds. The van der Waals surface area contributed by atoms with Crippen molar-refractivity contribution in [3.05, 3.63) is 65.2 Å². The molecule has 0 N–H and O–H groups in total. The number of carbonyl (C=O) groups excluding carboxylic acids is 1. The highest BCUT2D eigenvalue weighted by Crippen LogP contribution is 2.34. The van der Waals surface area contributed by atoms with Crippen LogP contribution < -0.4 is 4.89 Å². The molecule has 2 saturated carbocycles. The fourth-order valence-electron chi connectivity index (χ4n) is 7.37. The molecule has 0 bridgehead atoms. The van der Waals surface area contributed by atoms with Crippen LogP contribution in [0.25, 0.3) is 0 Å². The smallest absolute Gasteiger partial charge is 0.338 e. The average molecular weight is 577 g/mol. The molecular weight excluding hydrogens is 528 g/mol. The maximum Gasteiger partial charge on any atom is 0.338 e. The van der Waals surface area contributed by atoms with E-state index in [1.54, 1.807) is 0 Å². The highest BCUT2D eigenvalue weighted by atomic mass is 17.2. The van der Waals surface area contributed by atoms with Gasteiger partial charge in [-0.1, -0.05) is 63.8 Å². The number of esters is 1. The number of hydrogen-bond donors (Lipinski definition) is 0. The average Bonchev–Trinajstić information content (AvgIpc) is 3.60. The highest BCUT2D eigenvalue weighted by molar-refractivity contribution is 5.89. The number of carbonyl (C=O) groups is 1. The molecule has 4 atom stereocenters. The molecular formula is C36H48O6. The van der Waals surface area contributed by atoms with Crippen molar-refractivity contribution in [3.63, 3.8) is 0 Å². The number of fused-ring (bicyclic) bond motifs is 1. The van der Waals surface area contributed by atoms with Gasteiger partial charge in [-0.25, -0.2) is 4.79 Å². The Morgan fingerprint density at radius 1 is 0.714 bits per heavy atom. The van der Waals surface area contributed by atoms with Crippen molar-refractivity contribution in [1.82, 2.24) is 0 Å². The van der Waals surface area contributed by atoms with Gasteiger partial charge in [-0.2, -0.15) is 4.89 Å². The summed E-state index contributed by atoms with van der Waals surface area (Å²) in [5.41, 5.74) is 3.23. The summed E-state index contributed by atoms with van der Waals surface area (Å²) < 4.78 is 17.9. The van der Waals surface area contributed by atoms with Crippen molar-refractivity contribution in [1.29, 1.82) is 0 Å². The summed E-state index contributed by atoms with van der Waals surface area (Å²) in [6.45, 7) is 5.89. The van der Waals surface area contributed by atoms with Crippen LogP contribution in [0.4, 0.5) is 0 Å². The first kappa shape index (κ1) is 29.7. The third-order valence-electron chi connectivity index (χ3n) is 10.2. The molecule has 0 aromatic heterocycles. The number of ether oxygens (including phenoxy) is 3. The maximum absolute atomic E-state index is 12.9. The molecule has 0 radical (unpaired) electrons. The number of hydrogen-bond acceptors (Lipinski definition) is 6. The molecule has 42 heavy (non-hydrogen) atoms. The molecule has 2 saturated heterocycles. The summed E-state index contributed by atoms with van der Waals surface area (Å²) in [5.74, 6) is 3.70. The van der Waals surface area contributed by atoms with Crippen LogP contribution in [0.3, 0.4) is 0 Å². The molecule has 228 valence electrons. The lowest BCUT2D eigenvalue weighted by Gasteiger charge is -2.26. The number of rotatable bonds is 10. The maximum atomic E-state index is 12.9. The Hall–Kier alpha value is -2.41. The van der Waals surface area contributed by atoms with Crippen LogP contribution in [-0.4, -0.2) is 44.1 Å². The van der Waals surface area contributed by atoms with Gasteiger partial charge < -0.3 is 19.1 Å². The molecule has 2 unspecified atom stereocenters. The lowest BCUT2D eigenvalue weighted by molar-refractivity contribution is -0.220. The predicted molar refractivity (Wildman–Crippen MR) is 161 cm³/mol. The second-order valence-electron chi connectivity index (χ2n) is 13.7. The highest BCUT2D eigenvalue weighted by Gasteiger charge is 2.49. The van der Waals surface area contributed by atoms with Crippen LogP contribution in [0.5, 0.6) is 5.75 Å². The normalized spacial score (nSPS) is 32.8. The van der Waals surface area contributed by atoms with Gasteiger partial charge >= 0.3 is 5.97 Å². The standard InChI is InChI=1S/C36H48O6/c1-24-3-7-26(8-4-24)19-28-11-15-30(16-12-28)36(37)41-33-23-39-34-31(21-38-35(33)34)22-40-42-32-17-13-29(14-18-32)20-27-9-5-25(2)6-10-27/h11-18,24-27,31,33-35H,3-10,19-23H2,1-2H3/t24?,25?,26?,27?,31?,33?,34-,35-/m1/s1. The van der Waals surface area contributed by atoms with Gasteiger partial charge in [0.25, 0.3) is 0 Å². The first-order valence-corrected chi connectivity index (χ1v) is 16.4. The first-order valence-electron chi connectivity index (χ1n) is 16.4. The molecule has 4 aliphatic rings. The minimum atomic E-state index is -0.419. The van der Waals surface area contributed by atoms with Crippen molar-refractivity contribution in [2.45, 2.75) is 96.4 Å². The van der Waals surface area contributed by atoms with Gasteiger partial charge in [-0.3, -0.25) is 0 Å². The zero-order valence-electron chi connectivity index (χ0n) is 25.4. The molecule has 2 heterocycles. The minimum absolute atomic E-state index is 0.0220. The van der Waals surface area contributed by atoms with E-state index < -0.39 is 6.10 Å². The Morgan fingerprint density at radius 3 is 1.86 bits per heavy atom. The fraction of sp³-hybridized carbons (Fsp3) is 0.639. The van der Waals surface area contributed by atoms with Crippen LogP contribution in [-0.2, 0) is 31.9 Å². The lowest BCUT2D eigenvalue weighted by Crippen LogP contribution is -2.34. The molecule has 4 fully saturated rings. The summed E-state index contributed by atoms with van der Waals surface area (Å²) in [4.78, 5) is 24.1. The second-order valence-corrected chi connectivity index (χ2v) is 13.7. The molecule has 2 aromatic carbocycles. The van der Waals surface area contributed by atoms with Gasteiger partial charge in [0.1, 0.15) is 12.7 Å². The Kier molecular flexibility index (Phi) is 9.83. The summed E-state index contributed by atoms with van der Waals surface area (Å²) in [6.07, 6.45) is 12.0. The molecule has 6 heteroatoms. The van der Waals surface area contributed by atoms with Gasteiger partial charge in [-0.05, 0) is 97.6 Å². The van der Waals surface area contributed by atoms with Crippen LogP contribution in [0.1, 0.15) is 86.7 Å². The van der Waals surface area contributed by atoms with Crippen LogP contribution in [0.2, 0.25) is 0 Å². The topological polar surface area (TPSA) is 63.2 Å². The zero-order chi connectivity index (χ0) is 28.9. The van der Waals surface area contributed by atoms with Gasteiger partial charge in [0, 0.05) is 5.92 Å². The summed E-state index contributed by atoms with van der Waals surface area (Å²) in [5, 5.41) is 0. The van der Waals surface area contributed by atoms with E-state index in [1.165, 1.54) is 62.5 Å². The molecule has 6 rings (SSSR count). The van der Waals surface area contributed by atoms with E-state index in [9.17, 15) is 4.79 Å². The predicted octanol–water partition coefficient (Wildman–Crippen LogP) is 7.37. The lowest BCUT2D eigenvalue weighted by atomic mass is 9.80. The zero-order valence-corrected chi connectivity index (χ0v) is 25.4. The Labute approximate surface area is 251 Å². The van der Waals surface area contributed by atoms with Gasteiger partial charge in [0.15, 0.2) is 11.9 Å². The summed E-state index contributed by atoms with van der Waals surface area (Å²) >= 11 is 0. The van der Waals surface area contributed by atoms with E-state index in [1.807, 2.05) is 24.3 Å². The SMILES string of the molecule is CC1CCC(Cc2ccc(OOCC3CO[C@@H]4C(OC(=O)c5ccc(CC6CCC(C)CC6)cc5)CO[C@H]34)cc2)CC1. The summed E-state index contributed by atoms with van der Waals surface area (Å²) in [6, 6.07) is 16.2. The van der Waals surface area contributed by atoms with Gasteiger partial charge in [0.05, 0.1) is 24.9 Å². The number of benzene rings is 2. The van der Waals surface area contributed by atoms with Crippen LogP contribution in [0.15, 0.2) is 48.5 Å². The molecule has 6 nitrogen and oxygen atoms in total. The Balaban J connectivity index is 0.915. The fourth-order valence-corrected chi connectivity index (χ4v) is 7.37. The molecule has 0 spiro atoms. The Bertz CT molecular complexity index is 1130. The third kappa shape index (κ3) is 7.56. The van der Waals surface area contributed by atoms with E-state index in [2.05, 4.69) is 38.1 Å². The molecule has 2 aliphatic carbocycles. The van der Waals surface area contributed by atoms with Crippen molar-refractivity contribution in [3.8, 4) is 5.75 Å². The largest absolute Gasteiger partial charge is 0.453 e. The second kappa shape index (κ2) is 13.9. The van der Waals surface area contributed by atoms with E-state index in [0.29, 0.717) is 31.1 Å². The monoisotopic (exact) mass is 576 g/mol. The van der Waals surface area contributed by atoms with E-state index in [4.69, 9.17) is 24.0 Å². The first-order chi connectivity index (χ1) is 20.5. The third-order valence-corrected chi connectivity index (χ3v) is 10.2. The molecule has 2 aromatic rings. The van der Waals surface area contributed by atoms with Crippen molar-refractivity contribution in [2.75, 3.05) is 19.8 Å². The Morgan fingerprint density at radius 2 is 1.26 bits per heavy atom. The van der Waals surface area contributed by atoms with Crippen molar-refractivity contribution in [2.24, 2.45) is 29.6 Å². The quantitative estimate of drug-likeness (QED) is 0.167. The van der Waals surface area contributed by atoms with E-state index in [0.717, 1.165) is 36.5 Å². The van der Waals surface area contributed by atoms with E-state index in [-0.39, 0.29) is 24.1 Å². The minimum Gasteiger partial charge on any atom is -0.453 e. The van der Waals surface area contributed by atoms with Crippen LogP contribution >= 0.6 is 0 Å². The molecule has 2 aliphatic heterocycles. The van der Waals surface area contributed by atoms with Crippen molar-refractivity contribution < 1.29 is 28.8 Å². The summed E-state index contributed by atoms with van der Waals surface area (Å²) in [7, 11) is 0. The van der Waals surface area contributed by atoms with Crippen LogP contribution in [0, 0.1) is 29.6 Å². The van der Waals surface area contributed by atoms with Gasteiger partial charge in [-0.15, -0.1) is 0 Å².